The Morgan fingerprint density at radius 1 is 1.18 bits per heavy atom. The normalized spacial score (nSPS) is 19.7. The topological polar surface area (TPSA) is 104 Å². The van der Waals surface area contributed by atoms with Crippen LogP contribution in [0.3, 0.4) is 0 Å². The molecule has 2 aliphatic heterocycles. The summed E-state index contributed by atoms with van der Waals surface area (Å²) in [6.45, 7) is 4.54. The first kappa shape index (κ1) is 23.1. The number of methoxy groups -OCH3 is 2. The first-order chi connectivity index (χ1) is 15.9. The lowest BCUT2D eigenvalue weighted by molar-refractivity contribution is -0.121. The molecular formula is C23H27N5O4S. The SMILES string of the molecule is COc1ccc(NC(=O)CSC2=NC3NNCC3C(=O)N2c2ccc(C)c(C)c2)c(OC)c1. The molecule has 3 N–H and O–H groups in total. The minimum absolute atomic E-state index is 0.0458. The number of hydrogen-bond donors (Lipinski definition) is 3. The van der Waals surface area contributed by atoms with Crippen molar-refractivity contribution in [2.75, 3.05) is 36.7 Å². The van der Waals surface area contributed by atoms with Gasteiger partial charge in [-0.05, 0) is 49.2 Å². The molecule has 2 heterocycles. The lowest BCUT2D eigenvalue weighted by atomic mass is 10.0. The summed E-state index contributed by atoms with van der Waals surface area (Å²) in [5.41, 5.74) is 9.56. The summed E-state index contributed by atoms with van der Waals surface area (Å²) in [5, 5.41) is 3.34. The lowest BCUT2D eigenvalue weighted by Gasteiger charge is -2.32. The highest BCUT2D eigenvalue weighted by Crippen LogP contribution is 2.32. The number of nitrogens with one attached hydrogen (secondary N) is 3. The molecule has 2 aromatic carbocycles. The van der Waals surface area contributed by atoms with Crippen molar-refractivity contribution in [3.63, 3.8) is 0 Å². The number of aliphatic imine (C=N–C) groups is 1. The fraction of sp³-hybridized carbons (Fsp3) is 0.348. The number of amidine groups is 1. The summed E-state index contributed by atoms with van der Waals surface area (Å²) in [7, 11) is 3.10. The molecule has 0 bridgehead atoms. The molecule has 0 aliphatic carbocycles. The number of carbonyl (C=O) groups is 2. The molecule has 0 saturated carbocycles. The number of thioether (sulfide) groups is 1. The van der Waals surface area contributed by atoms with Crippen molar-refractivity contribution >= 4 is 40.1 Å². The zero-order valence-electron chi connectivity index (χ0n) is 19.0. The van der Waals surface area contributed by atoms with Crippen molar-refractivity contribution in [2.24, 2.45) is 10.9 Å². The minimum Gasteiger partial charge on any atom is -0.497 e. The molecule has 9 nitrogen and oxygen atoms in total. The van der Waals surface area contributed by atoms with Gasteiger partial charge in [-0.2, -0.15) is 0 Å². The number of fused-ring (bicyclic) bond motifs is 1. The Labute approximate surface area is 196 Å². The molecule has 10 heteroatoms. The largest absolute Gasteiger partial charge is 0.497 e. The summed E-state index contributed by atoms with van der Waals surface area (Å²) in [4.78, 5) is 32.4. The van der Waals surface area contributed by atoms with Gasteiger partial charge < -0.3 is 14.8 Å². The fourth-order valence-electron chi connectivity index (χ4n) is 3.69. The number of benzene rings is 2. The maximum atomic E-state index is 13.3. The number of nitrogens with zero attached hydrogens (tertiary/aromatic N) is 2. The molecule has 4 rings (SSSR count). The zero-order chi connectivity index (χ0) is 23.5. The van der Waals surface area contributed by atoms with Crippen molar-refractivity contribution in [2.45, 2.75) is 20.0 Å². The van der Waals surface area contributed by atoms with E-state index in [0.29, 0.717) is 28.9 Å². The molecule has 0 aromatic heterocycles. The van der Waals surface area contributed by atoms with Crippen molar-refractivity contribution in [1.82, 2.24) is 10.9 Å². The second-order valence-corrected chi connectivity index (χ2v) is 8.78. The second kappa shape index (κ2) is 9.82. The number of anilines is 2. The highest BCUT2D eigenvalue weighted by atomic mass is 32.2. The van der Waals surface area contributed by atoms with Crippen molar-refractivity contribution in [1.29, 1.82) is 0 Å². The Kier molecular flexibility index (Phi) is 6.87. The van der Waals surface area contributed by atoms with E-state index in [9.17, 15) is 9.59 Å². The predicted molar refractivity (Wildman–Crippen MR) is 130 cm³/mol. The quantitative estimate of drug-likeness (QED) is 0.597. The predicted octanol–water partition coefficient (Wildman–Crippen LogP) is 2.45. The summed E-state index contributed by atoms with van der Waals surface area (Å²) >= 11 is 1.22. The summed E-state index contributed by atoms with van der Waals surface area (Å²) in [6.07, 6.45) is -0.354. The van der Waals surface area contributed by atoms with Crippen LogP contribution in [0.25, 0.3) is 0 Å². The van der Waals surface area contributed by atoms with Gasteiger partial charge in [-0.15, -0.1) is 0 Å². The van der Waals surface area contributed by atoms with Gasteiger partial charge in [0.1, 0.15) is 17.7 Å². The van der Waals surface area contributed by atoms with Gasteiger partial charge in [-0.25, -0.2) is 10.4 Å². The van der Waals surface area contributed by atoms with Gasteiger partial charge in [0.05, 0.1) is 37.3 Å². The third kappa shape index (κ3) is 4.82. The number of amides is 2. The number of rotatable bonds is 6. The Balaban J connectivity index is 1.53. The Bertz CT molecular complexity index is 1110. The summed E-state index contributed by atoms with van der Waals surface area (Å²) in [6, 6.07) is 11.0. The van der Waals surface area contributed by atoms with Crippen LogP contribution in [0.15, 0.2) is 41.4 Å². The smallest absolute Gasteiger partial charge is 0.241 e. The monoisotopic (exact) mass is 469 g/mol. The number of ether oxygens (including phenoxy) is 2. The van der Waals surface area contributed by atoms with Gasteiger partial charge in [0, 0.05) is 12.6 Å². The van der Waals surface area contributed by atoms with Gasteiger partial charge in [-0.1, -0.05) is 17.8 Å². The first-order valence-corrected chi connectivity index (χ1v) is 11.5. The number of aryl methyl sites for hydroxylation is 2. The molecule has 0 spiro atoms. The molecule has 2 aromatic rings. The zero-order valence-corrected chi connectivity index (χ0v) is 19.8. The second-order valence-electron chi connectivity index (χ2n) is 7.83. The Morgan fingerprint density at radius 3 is 2.73 bits per heavy atom. The standard InChI is InChI=1S/C23H27N5O4S/c1-13-5-6-15(9-14(13)2)28-22(30)17-11-24-27-21(17)26-23(28)33-12-20(29)25-18-8-7-16(31-3)10-19(18)32-4/h5-10,17,21,24,27H,11-12H2,1-4H3,(H,25,29). The Morgan fingerprint density at radius 2 is 2.00 bits per heavy atom. The van der Waals surface area contributed by atoms with Crippen molar-refractivity contribution in [3.05, 3.63) is 47.5 Å². The fourth-order valence-corrected chi connectivity index (χ4v) is 4.53. The maximum absolute atomic E-state index is 13.3. The van der Waals surface area contributed by atoms with Crippen LogP contribution in [0.2, 0.25) is 0 Å². The van der Waals surface area contributed by atoms with Crippen LogP contribution in [0.5, 0.6) is 11.5 Å². The lowest BCUT2D eigenvalue weighted by Crippen LogP contribution is -2.49. The van der Waals surface area contributed by atoms with Gasteiger partial charge in [0.2, 0.25) is 11.8 Å². The highest BCUT2D eigenvalue weighted by molar-refractivity contribution is 8.14. The van der Waals surface area contributed by atoms with Crippen molar-refractivity contribution in [3.8, 4) is 11.5 Å². The Hall–Kier alpha value is -3.08. The third-order valence-corrected chi connectivity index (χ3v) is 6.65. The average molecular weight is 470 g/mol. The molecule has 2 unspecified atom stereocenters. The molecule has 1 saturated heterocycles. The highest BCUT2D eigenvalue weighted by Gasteiger charge is 2.42. The van der Waals surface area contributed by atoms with Crippen LogP contribution in [0, 0.1) is 19.8 Å². The van der Waals surface area contributed by atoms with Gasteiger partial charge in [0.25, 0.3) is 0 Å². The van der Waals surface area contributed by atoms with E-state index in [1.54, 1.807) is 30.2 Å². The molecule has 0 radical (unpaired) electrons. The summed E-state index contributed by atoms with van der Waals surface area (Å²) in [5.74, 6) is 0.624. The number of hydrazine groups is 1. The van der Waals surface area contributed by atoms with Crippen LogP contribution in [0.4, 0.5) is 11.4 Å². The van der Waals surface area contributed by atoms with Gasteiger partial charge in [-0.3, -0.25) is 19.9 Å². The van der Waals surface area contributed by atoms with E-state index < -0.39 is 0 Å². The number of hydrogen-bond acceptors (Lipinski definition) is 8. The van der Waals surface area contributed by atoms with E-state index in [0.717, 1.165) is 16.8 Å². The number of carbonyl (C=O) groups excluding carboxylic acids is 2. The third-order valence-electron chi connectivity index (χ3n) is 5.70. The van der Waals surface area contributed by atoms with Crippen LogP contribution < -0.4 is 30.5 Å². The average Bonchev–Trinajstić information content (AvgIpc) is 3.29. The van der Waals surface area contributed by atoms with Crippen LogP contribution >= 0.6 is 11.8 Å². The van der Waals surface area contributed by atoms with Gasteiger partial charge in [0.15, 0.2) is 5.17 Å². The summed E-state index contributed by atoms with van der Waals surface area (Å²) < 4.78 is 10.5. The molecule has 1 fully saturated rings. The maximum Gasteiger partial charge on any atom is 0.241 e. The van der Waals surface area contributed by atoms with Crippen LogP contribution in [0.1, 0.15) is 11.1 Å². The molecular weight excluding hydrogens is 442 g/mol. The minimum atomic E-state index is -0.354. The molecule has 2 amide bonds. The molecule has 174 valence electrons. The van der Waals surface area contributed by atoms with E-state index >= 15 is 0 Å². The van der Waals surface area contributed by atoms with E-state index in [4.69, 9.17) is 14.5 Å². The van der Waals surface area contributed by atoms with Gasteiger partial charge >= 0.3 is 0 Å². The first-order valence-electron chi connectivity index (χ1n) is 10.5. The van der Waals surface area contributed by atoms with E-state index in [1.165, 1.54) is 18.9 Å². The van der Waals surface area contributed by atoms with Crippen LogP contribution in [-0.4, -0.2) is 49.7 Å². The molecule has 2 aliphatic rings. The molecule has 33 heavy (non-hydrogen) atoms. The van der Waals surface area contributed by atoms with E-state index in [2.05, 4.69) is 16.2 Å². The molecule has 2 atom stereocenters. The van der Waals surface area contributed by atoms with E-state index in [1.807, 2.05) is 32.0 Å². The van der Waals surface area contributed by atoms with Crippen LogP contribution in [-0.2, 0) is 9.59 Å². The van der Waals surface area contributed by atoms with Crippen molar-refractivity contribution < 1.29 is 19.1 Å². The van der Waals surface area contributed by atoms with E-state index in [-0.39, 0.29) is 29.7 Å².